The molecule has 0 aromatic heterocycles. The number of halogens is 2. The van der Waals surface area contributed by atoms with E-state index in [4.69, 9.17) is 11.6 Å². The van der Waals surface area contributed by atoms with E-state index >= 15 is 0 Å². The Balaban J connectivity index is 1.49. The Labute approximate surface area is 172 Å². The lowest BCUT2D eigenvalue weighted by molar-refractivity contribution is -0.122. The molecule has 1 atom stereocenters. The monoisotopic (exact) mass is 415 g/mol. The lowest BCUT2D eigenvalue weighted by Crippen LogP contribution is -2.28. The average Bonchev–Trinajstić information content (AvgIpc) is 3.27. The lowest BCUT2D eigenvalue weighted by Gasteiger charge is -2.19. The number of anilines is 3. The van der Waals surface area contributed by atoms with Crippen LogP contribution in [0.15, 0.2) is 36.4 Å². The third-order valence-corrected chi connectivity index (χ3v) is 5.66. The van der Waals surface area contributed by atoms with Crippen LogP contribution < -0.4 is 15.1 Å². The van der Waals surface area contributed by atoms with Gasteiger partial charge < -0.3 is 15.1 Å². The molecule has 0 aliphatic carbocycles. The summed E-state index contributed by atoms with van der Waals surface area (Å²) in [5, 5.41) is 2.84. The molecule has 0 saturated carbocycles. The zero-order chi connectivity index (χ0) is 20.7. The number of hydrogen-bond donors (Lipinski definition) is 1. The molecule has 8 heteroatoms. The van der Waals surface area contributed by atoms with Crippen molar-refractivity contribution in [1.82, 2.24) is 0 Å². The molecule has 0 radical (unpaired) electrons. The second-order valence-corrected chi connectivity index (χ2v) is 7.66. The quantitative estimate of drug-likeness (QED) is 0.835. The summed E-state index contributed by atoms with van der Waals surface area (Å²) in [4.78, 5) is 40.1. The van der Waals surface area contributed by atoms with Crippen molar-refractivity contribution in [2.75, 3.05) is 28.2 Å². The van der Waals surface area contributed by atoms with Crippen molar-refractivity contribution in [3.05, 3.63) is 52.8 Å². The number of benzene rings is 2. The fraction of sp³-hybridized carbons (Fsp3) is 0.286. The first kappa shape index (κ1) is 19.4. The number of carbonyl (C=O) groups excluding carboxylic acids is 3. The molecule has 1 fully saturated rings. The van der Waals surface area contributed by atoms with Crippen LogP contribution in [0.2, 0.25) is 5.02 Å². The van der Waals surface area contributed by atoms with Gasteiger partial charge in [0, 0.05) is 37.8 Å². The zero-order valence-corrected chi connectivity index (χ0v) is 16.5. The smallest absolute Gasteiger partial charge is 0.229 e. The van der Waals surface area contributed by atoms with Crippen LogP contribution >= 0.6 is 11.6 Å². The Morgan fingerprint density at radius 2 is 2.00 bits per heavy atom. The minimum absolute atomic E-state index is 0.0125. The van der Waals surface area contributed by atoms with Gasteiger partial charge in [0.1, 0.15) is 5.82 Å². The minimum Gasteiger partial charge on any atom is -0.324 e. The van der Waals surface area contributed by atoms with Crippen LogP contribution in [0.1, 0.15) is 18.9 Å². The Bertz CT molecular complexity index is 1030. The second kappa shape index (κ2) is 7.48. The maximum Gasteiger partial charge on any atom is 0.229 e. The van der Waals surface area contributed by atoms with Gasteiger partial charge in [-0.15, -0.1) is 0 Å². The van der Waals surface area contributed by atoms with Crippen molar-refractivity contribution in [2.45, 2.75) is 19.8 Å². The van der Waals surface area contributed by atoms with Crippen LogP contribution in [0.3, 0.4) is 0 Å². The highest BCUT2D eigenvalue weighted by molar-refractivity contribution is 6.33. The summed E-state index contributed by atoms with van der Waals surface area (Å²) in [6.07, 6.45) is 0.794. The first-order valence-corrected chi connectivity index (χ1v) is 9.68. The standard InChI is InChI=1S/C21H19ClFN3O3/c1-12(27)25-7-6-13-8-16(3-5-19(13)25)26-11-14(9-20(26)28)21(29)24-18-10-15(23)2-4-17(18)22/h2-5,8,10,14H,6-7,9,11H2,1H3,(H,24,29). The lowest BCUT2D eigenvalue weighted by atomic mass is 10.1. The van der Waals surface area contributed by atoms with Gasteiger partial charge >= 0.3 is 0 Å². The number of rotatable bonds is 3. The Morgan fingerprint density at radius 3 is 2.76 bits per heavy atom. The molecule has 3 amide bonds. The summed E-state index contributed by atoms with van der Waals surface area (Å²) in [5.41, 5.74) is 2.76. The van der Waals surface area contributed by atoms with Crippen molar-refractivity contribution in [3.63, 3.8) is 0 Å². The fourth-order valence-electron chi connectivity index (χ4n) is 3.84. The summed E-state index contributed by atoms with van der Waals surface area (Å²) in [7, 11) is 0. The first-order valence-electron chi connectivity index (χ1n) is 9.31. The summed E-state index contributed by atoms with van der Waals surface area (Å²) < 4.78 is 13.4. The van der Waals surface area contributed by atoms with Crippen LogP contribution in [0.5, 0.6) is 0 Å². The third kappa shape index (κ3) is 3.70. The minimum atomic E-state index is -0.566. The van der Waals surface area contributed by atoms with Gasteiger partial charge in [-0.3, -0.25) is 14.4 Å². The molecule has 4 rings (SSSR count). The molecule has 2 aliphatic heterocycles. The van der Waals surface area contributed by atoms with Crippen LogP contribution in [0, 0.1) is 11.7 Å². The summed E-state index contributed by atoms with van der Waals surface area (Å²) in [6.45, 7) is 2.38. The van der Waals surface area contributed by atoms with E-state index in [2.05, 4.69) is 5.32 Å². The molecule has 2 heterocycles. The van der Waals surface area contributed by atoms with Gasteiger partial charge in [-0.25, -0.2) is 4.39 Å². The SMILES string of the molecule is CC(=O)N1CCc2cc(N3CC(C(=O)Nc4cc(F)ccc4Cl)CC3=O)ccc21. The van der Waals surface area contributed by atoms with Crippen molar-refractivity contribution in [3.8, 4) is 0 Å². The van der Waals surface area contributed by atoms with Crippen molar-refractivity contribution in [2.24, 2.45) is 5.92 Å². The number of nitrogens with zero attached hydrogens (tertiary/aromatic N) is 2. The molecular formula is C21H19ClFN3O3. The van der Waals surface area contributed by atoms with Crippen molar-refractivity contribution >= 4 is 46.4 Å². The number of nitrogens with one attached hydrogen (secondary N) is 1. The molecular weight excluding hydrogens is 397 g/mol. The molecule has 0 spiro atoms. The fourth-order valence-corrected chi connectivity index (χ4v) is 4.01. The molecule has 1 saturated heterocycles. The maximum absolute atomic E-state index is 13.4. The van der Waals surface area contributed by atoms with E-state index < -0.39 is 11.7 Å². The zero-order valence-electron chi connectivity index (χ0n) is 15.7. The van der Waals surface area contributed by atoms with E-state index in [-0.39, 0.29) is 41.4 Å². The number of amides is 3. The average molecular weight is 416 g/mol. The Morgan fingerprint density at radius 1 is 1.21 bits per heavy atom. The molecule has 1 N–H and O–H groups in total. The highest BCUT2D eigenvalue weighted by atomic mass is 35.5. The first-order chi connectivity index (χ1) is 13.8. The van der Waals surface area contributed by atoms with E-state index in [1.165, 1.54) is 19.1 Å². The maximum atomic E-state index is 13.4. The van der Waals surface area contributed by atoms with Crippen LogP contribution in [-0.4, -0.2) is 30.8 Å². The van der Waals surface area contributed by atoms with Gasteiger partial charge in [-0.05, 0) is 48.4 Å². The van der Waals surface area contributed by atoms with Gasteiger partial charge in [-0.1, -0.05) is 11.6 Å². The second-order valence-electron chi connectivity index (χ2n) is 7.25. The number of fused-ring (bicyclic) bond motifs is 1. The molecule has 1 unspecified atom stereocenters. The number of hydrogen-bond acceptors (Lipinski definition) is 3. The molecule has 2 aromatic carbocycles. The normalized spacial score (nSPS) is 18.2. The van der Waals surface area contributed by atoms with E-state index in [0.29, 0.717) is 12.2 Å². The third-order valence-electron chi connectivity index (χ3n) is 5.33. The van der Waals surface area contributed by atoms with Gasteiger partial charge in [0.2, 0.25) is 17.7 Å². The predicted octanol–water partition coefficient (Wildman–Crippen LogP) is 3.38. The topological polar surface area (TPSA) is 69.7 Å². The Kier molecular flexibility index (Phi) is 5.00. The molecule has 6 nitrogen and oxygen atoms in total. The van der Waals surface area contributed by atoms with Crippen LogP contribution in [-0.2, 0) is 20.8 Å². The van der Waals surface area contributed by atoms with E-state index in [1.807, 2.05) is 12.1 Å². The molecule has 2 aliphatic rings. The largest absolute Gasteiger partial charge is 0.324 e. The molecule has 150 valence electrons. The molecule has 29 heavy (non-hydrogen) atoms. The highest BCUT2D eigenvalue weighted by Gasteiger charge is 2.36. The van der Waals surface area contributed by atoms with E-state index in [0.717, 1.165) is 23.7 Å². The summed E-state index contributed by atoms with van der Waals surface area (Å²) in [6, 6.07) is 9.26. The highest BCUT2D eigenvalue weighted by Crippen LogP contribution is 2.34. The molecule has 2 aromatic rings. The van der Waals surface area contributed by atoms with Crippen LogP contribution in [0.25, 0.3) is 0 Å². The van der Waals surface area contributed by atoms with Crippen LogP contribution in [0.4, 0.5) is 21.5 Å². The van der Waals surface area contributed by atoms with Gasteiger partial charge in [0.15, 0.2) is 0 Å². The van der Waals surface area contributed by atoms with Crippen molar-refractivity contribution < 1.29 is 18.8 Å². The van der Waals surface area contributed by atoms with Gasteiger partial charge in [0.05, 0.1) is 16.6 Å². The van der Waals surface area contributed by atoms with E-state index in [1.54, 1.807) is 15.9 Å². The van der Waals surface area contributed by atoms with Gasteiger partial charge in [-0.2, -0.15) is 0 Å². The summed E-state index contributed by atoms with van der Waals surface area (Å²) >= 11 is 6.00. The van der Waals surface area contributed by atoms with Crippen molar-refractivity contribution in [1.29, 1.82) is 0 Å². The predicted molar refractivity (Wildman–Crippen MR) is 109 cm³/mol. The van der Waals surface area contributed by atoms with Gasteiger partial charge in [0.25, 0.3) is 0 Å². The Hall–Kier alpha value is -2.93. The number of carbonyl (C=O) groups is 3. The van der Waals surface area contributed by atoms with E-state index in [9.17, 15) is 18.8 Å². The summed E-state index contributed by atoms with van der Waals surface area (Å²) in [5.74, 6) is -1.62. The molecule has 0 bridgehead atoms.